The zero-order valence-corrected chi connectivity index (χ0v) is 11.3. The van der Waals surface area contributed by atoms with Crippen molar-refractivity contribution in [1.82, 2.24) is 14.9 Å². The van der Waals surface area contributed by atoms with Crippen LogP contribution in [-0.4, -0.2) is 9.55 Å². The predicted octanol–water partition coefficient (Wildman–Crippen LogP) is 2.95. The van der Waals surface area contributed by atoms with Crippen LogP contribution in [0.1, 0.15) is 28.8 Å². The SMILES string of the molecule is CCCn1ccc(CNCc2cnc(C)s2)c1. The van der Waals surface area contributed by atoms with Crippen molar-refractivity contribution in [3.8, 4) is 0 Å². The lowest BCUT2D eigenvalue weighted by Gasteiger charge is -2.01. The van der Waals surface area contributed by atoms with Crippen molar-refractivity contribution in [3.63, 3.8) is 0 Å². The Morgan fingerprint density at radius 2 is 2.29 bits per heavy atom. The zero-order valence-electron chi connectivity index (χ0n) is 10.4. The van der Waals surface area contributed by atoms with Crippen molar-refractivity contribution in [2.45, 2.75) is 39.9 Å². The fourth-order valence-corrected chi connectivity index (χ4v) is 2.57. The first-order valence-electron chi connectivity index (χ1n) is 6.04. The summed E-state index contributed by atoms with van der Waals surface area (Å²) in [4.78, 5) is 5.55. The van der Waals surface area contributed by atoms with Crippen molar-refractivity contribution in [1.29, 1.82) is 0 Å². The van der Waals surface area contributed by atoms with Gasteiger partial charge in [0.2, 0.25) is 0 Å². The quantitative estimate of drug-likeness (QED) is 0.853. The third-order valence-corrected chi connectivity index (χ3v) is 3.50. The molecular weight excluding hydrogens is 230 g/mol. The molecule has 0 bridgehead atoms. The maximum atomic E-state index is 4.25. The molecule has 4 heteroatoms. The van der Waals surface area contributed by atoms with Crippen LogP contribution in [0.4, 0.5) is 0 Å². The molecule has 0 saturated heterocycles. The molecule has 0 unspecified atom stereocenters. The third-order valence-electron chi connectivity index (χ3n) is 2.59. The van der Waals surface area contributed by atoms with E-state index in [0.717, 1.165) is 24.6 Å². The number of rotatable bonds is 6. The van der Waals surface area contributed by atoms with Crippen molar-refractivity contribution in [2.75, 3.05) is 0 Å². The highest BCUT2D eigenvalue weighted by atomic mass is 32.1. The molecule has 3 nitrogen and oxygen atoms in total. The van der Waals surface area contributed by atoms with E-state index in [0.29, 0.717) is 0 Å². The maximum absolute atomic E-state index is 4.25. The van der Waals surface area contributed by atoms with Crippen LogP contribution >= 0.6 is 11.3 Å². The summed E-state index contributed by atoms with van der Waals surface area (Å²) in [7, 11) is 0. The average Bonchev–Trinajstić information content (AvgIpc) is 2.89. The van der Waals surface area contributed by atoms with E-state index in [9.17, 15) is 0 Å². The number of hydrogen-bond donors (Lipinski definition) is 1. The standard InChI is InChI=1S/C13H19N3S/c1-3-5-16-6-4-12(10-16)7-14-8-13-9-15-11(2)17-13/h4,6,9-10,14H,3,5,7-8H2,1-2H3. The lowest BCUT2D eigenvalue weighted by molar-refractivity contribution is 0.670. The van der Waals surface area contributed by atoms with Gasteiger partial charge in [0.1, 0.15) is 0 Å². The monoisotopic (exact) mass is 249 g/mol. The largest absolute Gasteiger partial charge is 0.354 e. The van der Waals surface area contributed by atoms with Gasteiger partial charge < -0.3 is 9.88 Å². The molecule has 2 aromatic heterocycles. The number of aryl methyl sites for hydroxylation is 2. The number of nitrogens with zero attached hydrogens (tertiary/aromatic N) is 2. The summed E-state index contributed by atoms with van der Waals surface area (Å²) >= 11 is 1.76. The summed E-state index contributed by atoms with van der Waals surface area (Å²) in [6.45, 7) is 7.18. The highest BCUT2D eigenvalue weighted by Crippen LogP contribution is 2.11. The Morgan fingerprint density at radius 1 is 1.41 bits per heavy atom. The van der Waals surface area contributed by atoms with Crippen LogP contribution in [0.25, 0.3) is 0 Å². The van der Waals surface area contributed by atoms with E-state index in [1.54, 1.807) is 11.3 Å². The Bertz CT molecular complexity index is 459. The molecule has 0 aliphatic carbocycles. The van der Waals surface area contributed by atoms with Crippen LogP contribution in [0.2, 0.25) is 0 Å². The van der Waals surface area contributed by atoms with Gasteiger partial charge in [-0.15, -0.1) is 11.3 Å². The van der Waals surface area contributed by atoms with Gasteiger partial charge in [-0.1, -0.05) is 6.92 Å². The molecule has 0 aliphatic rings. The van der Waals surface area contributed by atoms with Gasteiger partial charge in [0, 0.05) is 43.1 Å². The zero-order chi connectivity index (χ0) is 12.1. The Kier molecular flexibility index (Phi) is 4.34. The summed E-state index contributed by atoms with van der Waals surface area (Å²) in [5.41, 5.74) is 1.35. The van der Waals surface area contributed by atoms with Crippen LogP contribution < -0.4 is 5.32 Å². The molecule has 2 heterocycles. The smallest absolute Gasteiger partial charge is 0.0897 e. The molecule has 0 aliphatic heterocycles. The summed E-state index contributed by atoms with van der Waals surface area (Å²) < 4.78 is 2.24. The van der Waals surface area contributed by atoms with Gasteiger partial charge in [-0.25, -0.2) is 4.98 Å². The fraction of sp³-hybridized carbons (Fsp3) is 0.462. The molecule has 92 valence electrons. The topological polar surface area (TPSA) is 29.9 Å². The fourth-order valence-electron chi connectivity index (χ4n) is 1.81. The van der Waals surface area contributed by atoms with Gasteiger partial charge in [-0.05, 0) is 25.0 Å². The molecular formula is C13H19N3S. The molecule has 0 saturated carbocycles. The van der Waals surface area contributed by atoms with Crippen molar-refractivity contribution in [3.05, 3.63) is 40.1 Å². The second kappa shape index (κ2) is 5.98. The van der Waals surface area contributed by atoms with Crippen molar-refractivity contribution in [2.24, 2.45) is 0 Å². The molecule has 0 aromatic carbocycles. The van der Waals surface area contributed by atoms with E-state index < -0.39 is 0 Å². The Hall–Kier alpha value is -1.13. The average molecular weight is 249 g/mol. The van der Waals surface area contributed by atoms with E-state index in [4.69, 9.17) is 0 Å². The lowest BCUT2D eigenvalue weighted by atomic mass is 10.3. The minimum Gasteiger partial charge on any atom is -0.354 e. The highest BCUT2D eigenvalue weighted by Gasteiger charge is 1.99. The molecule has 2 rings (SSSR count). The molecule has 0 atom stereocenters. The Labute approximate surface area is 107 Å². The van der Waals surface area contributed by atoms with Crippen molar-refractivity contribution >= 4 is 11.3 Å². The molecule has 17 heavy (non-hydrogen) atoms. The third kappa shape index (κ3) is 3.68. The minimum atomic E-state index is 0.907. The van der Waals surface area contributed by atoms with E-state index >= 15 is 0 Å². The second-order valence-electron chi connectivity index (χ2n) is 4.21. The van der Waals surface area contributed by atoms with Crippen LogP contribution in [0.5, 0.6) is 0 Å². The number of nitrogens with one attached hydrogen (secondary N) is 1. The summed E-state index contributed by atoms with van der Waals surface area (Å²) in [5, 5.41) is 4.58. The second-order valence-corrected chi connectivity index (χ2v) is 5.53. The van der Waals surface area contributed by atoms with E-state index in [1.165, 1.54) is 16.9 Å². The van der Waals surface area contributed by atoms with E-state index in [2.05, 4.69) is 40.3 Å². The van der Waals surface area contributed by atoms with Gasteiger partial charge in [0.15, 0.2) is 0 Å². The molecule has 0 spiro atoms. The van der Waals surface area contributed by atoms with Crippen molar-refractivity contribution < 1.29 is 0 Å². The lowest BCUT2D eigenvalue weighted by Crippen LogP contribution is -2.11. The Balaban J connectivity index is 1.77. The minimum absolute atomic E-state index is 0.907. The number of aromatic nitrogens is 2. The van der Waals surface area contributed by atoms with Gasteiger partial charge >= 0.3 is 0 Å². The first-order valence-corrected chi connectivity index (χ1v) is 6.86. The van der Waals surface area contributed by atoms with Gasteiger partial charge in [0.05, 0.1) is 5.01 Å². The van der Waals surface area contributed by atoms with E-state index in [-0.39, 0.29) is 0 Å². The summed E-state index contributed by atoms with van der Waals surface area (Å²) in [5.74, 6) is 0. The maximum Gasteiger partial charge on any atom is 0.0897 e. The normalized spacial score (nSPS) is 10.9. The van der Waals surface area contributed by atoms with Gasteiger partial charge in [-0.3, -0.25) is 0 Å². The van der Waals surface area contributed by atoms with Crippen LogP contribution in [0.3, 0.4) is 0 Å². The highest BCUT2D eigenvalue weighted by molar-refractivity contribution is 7.11. The molecule has 0 amide bonds. The summed E-state index contributed by atoms with van der Waals surface area (Å²) in [6.07, 6.45) is 7.50. The first kappa shape index (κ1) is 12.3. The first-order chi connectivity index (χ1) is 8.28. The predicted molar refractivity (Wildman–Crippen MR) is 72.1 cm³/mol. The summed E-state index contributed by atoms with van der Waals surface area (Å²) in [6, 6.07) is 2.18. The van der Waals surface area contributed by atoms with Crippen LogP contribution in [0.15, 0.2) is 24.7 Å². The number of hydrogen-bond acceptors (Lipinski definition) is 3. The van der Waals surface area contributed by atoms with Gasteiger partial charge in [0.25, 0.3) is 0 Å². The molecule has 2 aromatic rings. The Morgan fingerprint density at radius 3 is 3.00 bits per heavy atom. The molecule has 0 fully saturated rings. The van der Waals surface area contributed by atoms with E-state index in [1.807, 2.05) is 13.1 Å². The number of thiazole rings is 1. The van der Waals surface area contributed by atoms with Crippen LogP contribution in [-0.2, 0) is 19.6 Å². The van der Waals surface area contributed by atoms with Gasteiger partial charge in [-0.2, -0.15) is 0 Å². The molecule has 1 N–H and O–H groups in total. The van der Waals surface area contributed by atoms with Crippen LogP contribution in [0, 0.1) is 6.92 Å². The molecule has 0 radical (unpaired) electrons.